The average molecular weight is 503 g/mol. The number of esters is 1. The van der Waals surface area contributed by atoms with Gasteiger partial charge in [0.25, 0.3) is 0 Å². The second-order valence-corrected chi connectivity index (χ2v) is 12.8. The highest BCUT2D eigenvalue weighted by molar-refractivity contribution is 6.62. The lowest BCUT2D eigenvalue weighted by Gasteiger charge is -2.32. The van der Waals surface area contributed by atoms with Gasteiger partial charge in [-0.3, -0.25) is 4.79 Å². The molecule has 2 saturated heterocycles. The molecule has 2 aliphatic rings. The summed E-state index contributed by atoms with van der Waals surface area (Å²) in [4.78, 5) is 27.8. The normalized spacial score (nSPS) is 23.7. The lowest BCUT2D eigenvalue weighted by atomic mass is 9.77. The number of hydrogen-bond acceptors (Lipinski definition) is 6. The molecule has 1 amide bonds. The van der Waals surface area contributed by atoms with Crippen LogP contribution in [-0.4, -0.2) is 59.6 Å². The first kappa shape index (κ1) is 25.6. The van der Waals surface area contributed by atoms with Gasteiger partial charge in [-0.25, -0.2) is 4.79 Å². The number of amides is 1. The van der Waals surface area contributed by atoms with Gasteiger partial charge < -0.3 is 23.7 Å². The molecule has 7 nitrogen and oxygen atoms in total. The first-order chi connectivity index (χ1) is 17.1. The standard InChI is InChI=1S/C28H44BNO6/c1-25(2,3)33-23(31)22(20-14-15-30(18-20)24(32)34-26(4,5)6)17-19-12-11-13-21(16-19)29-35-27(7,8)28(9,10)36-29/h11-13,16,20,22H,14-15,17-18H2,1-10H3/t20-,22-/m0/s1/i17D2. The van der Waals surface area contributed by atoms with Crippen LogP contribution in [0.15, 0.2) is 24.3 Å². The van der Waals surface area contributed by atoms with Crippen LogP contribution in [0.3, 0.4) is 0 Å². The molecule has 0 unspecified atom stereocenters. The maximum Gasteiger partial charge on any atom is 0.494 e. The van der Waals surface area contributed by atoms with Gasteiger partial charge in [0.15, 0.2) is 0 Å². The first-order valence-corrected chi connectivity index (χ1v) is 12.8. The summed E-state index contributed by atoms with van der Waals surface area (Å²) in [6, 6.07) is 6.97. The summed E-state index contributed by atoms with van der Waals surface area (Å²) in [5, 5.41) is 0. The van der Waals surface area contributed by atoms with Crippen molar-refractivity contribution in [2.75, 3.05) is 13.1 Å². The molecular weight excluding hydrogens is 457 g/mol. The Morgan fingerprint density at radius 1 is 1.08 bits per heavy atom. The summed E-state index contributed by atoms with van der Waals surface area (Å²) < 4.78 is 42.0. The van der Waals surface area contributed by atoms with E-state index in [-0.39, 0.29) is 6.54 Å². The van der Waals surface area contributed by atoms with Crippen molar-refractivity contribution in [3.63, 3.8) is 0 Å². The van der Waals surface area contributed by atoms with Crippen LogP contribution in [0.2, 0.25) is 0 Å². The minimum atomic E-state index is -2.09. The molecule has 0 bridgehead atoms. The van der Waals surface area contributed by atoms with E-state index >= 15 is 0 Å². The van der Waals surface area contributed by atoms with E-state index in [2.05, 4.69) is 0 Å². The molecule has 0 N–H and O–H groups in total. The van der Waals surface area contributed by atoms with E-state index < -0.39 is 59.8 Å². The average Bonchev–Trinajstić information content (AvgIpc) is 3.27. The smallest absolute Gasteiger partial charge is 0.460 e. The molecule has 1 aromatic carbocycles. The number of carbonyl (C=O) groups is 2. The fourth-order valence-corrected chi connectivity index (χ4v) is 4.22. The van der Waals surface area contributed by atoms with Crippen LogP contribution in [0, 0.1) is 11.8 Å². The molecular formula is C28H44BNO6. The van der Waals surface area contributed by atoms with E-state index in [9.17, 15) is 12.3 Å². The molecule has 1 aromatic rings. The third-order valence-electron chi connectivity index (χ3n) is 6.74. The first-order valence-electron chi connectivity index (χ1n) is 13.8. The van der Waals surface area contributed by atoms with Crippen molar-refractivity contribution in [2.45, 2.75) is 104 Å². The van der Waals surface area contributed by atoms with Crippen molar-refractivity contribution in [3.8, 4) is 0 Å². The predicted octanol–water partition coefficient (Wildman–Crippen LogP) is 4.74. The topological polar surface area (TPSA) is 74.3 Å². The summed E-state index contributed by atoms with van der Waals surface area (Å²) in [7, 11) is -0.662. The van der Waals surface area contributed by atoms with Crippen LogP contribution < -0.4 is 5.46 Å². The van der Waals surface area contributed by atoms with Crippen LogP contribution in [-0.2, 0) is 29.9 Å². The number of rotatable bonds is 5. The van der Waals surface area contributed by atoms with Gasteiger partial charge in [0.2, 0.25) is 0 Å². The Morgan fingerprint density at radius 3 is 2.22 bits per heavy atom. The molecule has 2 fully saturated rings. The van der Waals surface area contributed by atoms with Crippen LogP contribution in [0.1, 0.15) is 84.0 Å². The van der Waals surface area contributed by atoms with Gasteiger partial charge in [0.1, 0.15) is 11.2 Å². The molecule has 0 aromatic heterocycles. The van der Waals surface area contributed by atoms with Gasteiger partial charge in [0, 0.05) is 15.8 Å². The van der Waals surface area contributed by atoms with Crippen molar-refractivity contribution >= 4 is 24.6 Å². The van der Waals surface area contributed by atoms with Gasteiger partial charge in [-0.15, -0.1) is 0 Å². The van der Waals surface area contributed by atoms with Crippen molar-refractivity contribution in [1.82, 2.24) is 4.90 Å². The SMILES string of the molecule is [2H]C([2H])(c1cccc(B2OC(C)(C)C(C)(C)O2)c1)[C@H](C(=O)OC(C)(C)C)[C@H]1CCN(C(=O)OC(C)(C)C)C1. The number of carbonyl (C=O) groups excluding carboxylic acids is 2. The summed E-state index contributed by atoms with van der Waals surface area (Å²) in [5.74, 6) is -2.21. The van der Waals surface area contributed by atoms with Gasteiger partial charge in [-0.2, -0.15) is 0 Å². The number of likely N-dealkylation sites (tertiary alicyclic amines) is 1. The molecule has 200 valence electrons. The lowest BCUT2D eigenvalue weighted by molar-refractivity contribution is -0.161. The Balaban J connectivity index is 1.93. The second-order valence-electron chi connectivity index (χ2n) is 12.8. The molecule has 2 atom stereocenters. The van der Waals surface area contributed by atoms with Crippen LogP contribution in [0.4, 0.5) is 4.79 Å². The Kier molecular flexibility index (Phi) is 7.12. The molecule has 0 radical (unpaired) electrons. The fraction of sp³-hybridized carbons (Fsp3) is 0.714. The van der Waals surface area contributed by atoms with Crippen LogP contribution >= 0.6 is 0 Å². The fourth-order valence-electron chi connectivity index (χ4n) is 4.22. The van der Waals surface area contributed by atoms with Crippen molar-refractivity contribution in [1.29, 1.82) is 0 Å². The number of benzene rings is 1. The van der Waals surface area contributed by atoms with E-state index in [0.717, 1.165) is 0 Å². The maximum absolute atomic E-state index is 13.5. The largest absolute Gasteiger partial charge is 0.494 e. The minimum absolute atomic E-state index is 0.204. The molecule has 0 saturated carbocycles. The molecule has 3 rings (SSSR count). The van der Waals surface area contributed by atoms with Crippen LogP contribution in [0.5, 0.6) is 0 Å². The zero-order chi connectivity index (χ0) is 28.9. The predicted molar refractivity (Wildman–Crippen MR) is 141 cm³/mol. The molecule has 36 heavy (non-hydrogen) atoms. The second kappa shape index (κ2) is 10.0. The highest BCUT2D eigenvalue weighted by Gasteiger charge is 2.51. The zero-order valence-corrected chi connectivity index (χ0v) is 23.6. The molecule has 2 aliphatic heterocycles. The van der Waals surface area contributed by atoms with E-state index in [1.807, 2.05) is 33.8 Å². The van der Waals surface area contributed by atoms with Crippen molar-refractivity contribution < 1.29 is 31.1 Å². The molecule has 8 heteroatoms. The Morgan fingerprint density at radius 2 is 1.67 bits per heavy atom. The van der Waals surface area contributed by atoms with Crippen molar-refractivity contribution in [2.24, 2.45) is 11.8 Å². The van der Waals surface area contributed by atoms with Crippen LogP contribution in [0.25, 0.3) is 0 Å². The highest BCUT2D eigenvalue weighted by Crippen LogP contribution is 2.37. The van der Waals surface area contributed by atoms with E-state index in [1.54, 1.807) is 64.6 Å². The monoisotopic (exact) mass is 503 g/mol. The van der Waals surface area contributed by atoms with Gasteiger partial charge in [-0.1, -0.05) is 24.3 Å². The van der Waals surface area contributed by atoms with Gasteiger partial charge in [0.05, 0.1) is 17.1 Å². The van der Waals surface area contributed by atoms with Gasteiger partial charge in [-0.05, 0) is 99.0 Å². The van der Waals surface area contributed by atoms with E-state index in [1.165, 1.54) is 0 Å². The third-order valence-corrected chi connectivity index (χ3v) is 6.74. The summed E-state index contributed by atoms with van der Waals surface area (Å²) in [6.07, 6.45) is -2.10. The maximum atomic E-state index is 13.5. The minimum Gasteiger partial charge on any atom is -0.460 e. The molecule has 2 heterocycles. The number of ether oxygens (including phenoxy) is 2. The summed E-state index contributed by atoms with van der Waals surface area (Å²) in [5.41, 5.74) is -1.52. The lowest BCUT2D eigenvalue weighted by Crippen LogP contribution is -2.41. The third kappa shape index (κ3) is 7.03. The Hall–Kier alpha value is -2.06. The summed E-state index contributed by atoms with van der Waals surface area (Å²) in [6.45, 7) is 19.1. The Bertz CT molecular complexity index is 1030. The van der Waals surface area contributed by atoms with Crippen molar-refractivity contribution in [3.05, 3.63) is 29.8 Å². The number of hydrogen-bond donors (Lipinski definition) is 0. The number of nitrogens with zero attached hydrogens (tertiary/aromatic N) is 1. The summed E-state index contributed by atoms with van der Waals surface area (Å²) >= 11 is 0. The zero-order valence-electron chi connectivity index (χ0n) is 25.6. The Labute approximate surface area is 220 Å². The molecule has 0 spiro atoms. The quantitative estimate of drug-likeness (QED) is 0.427. The van der Waals surface area contributed by atoms with Gasteiger partial charge >= 0.3 is 19.2 Å². The highest BCUT2D eigenvalue weighted by atomic mass is 16.7. The van der Waals surface area contributed by atoms with E-state index in [4.69, 9.17) is 18.8 Å². The van der Waals surface area contributed by atoms with E-state index in [0.29, 0.717) is 24.0 Å². The molecule has 0 aliphatic carbocycles.